The van der Waals surface area contributed by atoms with Gasteiger partial charge in [-0.15, -0.1) is 0 Å². The Labute approximate surface area is 86.6 Å². The van der Waals surface area contributed by atoms with Crippen LogP contribution in [0.4, 0.5) is 0 Å². The van der Waals surface area contributed by atoms with Crippen LogP contribution < -0.4 is 0 Å². The summed E-state index contributed by atoms with van der Waals surface area (Å²) in [6.07, 6.45) is 3.66. The van der Waals surface area contributed by atoms with Crippen LogP contribution in [0.1, 0.15) is 11.3 Å². The molecule has 0 aliphatic rings. The third-order valence-corrected chi connectivity index (χ3v) is 1.93. The van der Waals surface area contributed by atoms with Crippen molar-refractivity contribution in [1.82, 2.24) is 19.7 Å². The Kier molecular flexibility index (Phi) is 2.21. The maximum atomic E-state index is 5.74. The Morgan fingerprint density at radius 3 is 2.64 bits per heavy atom. The van der Waals surface area contributed by atoms with Crippen LogP contribution in [0.5, 0.6) is 0 Å². The summed E-state index contributed by atoms with van der Waals surface area (Å²) in [5.41, 5.74) is 1.91. The molecule has 0 atom stereocenters. The third-order valence-electron chi connectivity index (χ3n) is 1.76. The highest BCUT2D eigenvalue weighted by atomic mass is 35.5. The SMILES string of the molecule is Cc1cnn(-c2cc(C)nc(Cl)n2)c1. The van der Waals surface area contributed by atoms with Gasteiger partial charge in [0.25, 0.3) is 0 Å². The van der Waals surface area contributed by atoms with Crippen LogP contribution in [0.3, 0.4) is 0 Å². The van der Waals surface area contributed by atoms with E-state index >= 15 is 0 Å². The van der Waals surface area contributed by atoms with Gasteiger partial charge >= 0.3 is 0 Å². The highest BCUT2D eigenvalue weighted by Gasteiger charge is 2.02. The van der Waals surface area contributed by atoms with Gasteiger partial charge in [-0.1, -0.05) is 0 Å². The smallest absolute Gasteiger partial charge is 0.223 e. The molecule has 0 unspecified atom stereocenters. The van der Waals surface area contributed by atoms with E-state index in [9.17, 15) is 0 Å². The quantitative estimate of drug-likeness (QED) is 0.673. The molecule has 72 valence electrons. The average molecular weight is 209 g/mol. The lowest BCUT2D eigenvalue weighted by molar-refractivity contribution is 0.835. The minimum Gasteiger partial charge on any atom is -0.223 e. The number of hydrogen-bond donors (Lipinski definition) is 0. The zero-order valence-corrected chi connectivity index (χ0v) is 8.65. The minimum absolute atomic E-state index is 0.244. The largest absolute Gasteiger partial charge is 0.224 e. The van der Waals surface area contributed by atoms with E-state index in [4.69, 9.17) is 11.6 Å². The van der Waals surface area contributed by atoms with E-state index in [1.165, 1.54) is 0 Å². The molecular formula is C9H9ClN4. The van der Waals surface area contributed by atoms with Gasteiger partial charge in [-0.3, -0.25) is 0 Å². The van der Waals surface area contributed by atoms with E-state index in [0.29, 0.717) is 5.82 Å². The number of nitrogens with zero attached hydrogens (tertiary/aromatic N) is 4. The van der Waals surface area contributed by atoms with E-state index in [0.717, 1.165) is 11.3 Å². The summed E-state index contributed by atoms with van der Waals surface area (Å²) in [4.78, 5) is 8.05. The first-order chi connectivity index (χ1) is 6.65. The molecule has 2 aromatic rings. The number of aryl methyl sites for hydroxylation is 2. The summed E-state index contributed by atoms with van der Waals surface area (Å²) in [5.74, 6) is 0.690. The molecule has 0 amide bonds. The van der Waals surface area contributed by atoms with Gasteiger partial charge in [0.15, 0.2) is 5.82 Å². The fourth-order valence-corrected chi connectivity index (χ4v) is 1.39. The molecule has 0 saturated heterocycles. The van der Waals surface area contributed by atoms with E-state index in [-0.39, 0.29) is 5.28 Å². The lowest BCUT2D eigenvalue weighted by atomic mass is 10.4. The van der Waals surface area contributed by atoms with Crippen molar-refractivity contribution in [3.05, 3.63) is 35.0 Å². The van der Waals surface area contributed by atoms with Crippen molar-refractivity contribution >= 4 is 11.6 Å². The summed E-state index contributed by atoms with van der Waals surface area (Å²) < 4.78 is 1.68. The van der Waals surface area contributed by atoms with Crippen LogP contribution in [0.25, 0.3) is 5.82 Å². The average Bonchev–Trinajstić information content (AvgIpc) is 2.50. The summed E-state index contributed by atoms with van der Waals surface area (Å²) >= 11 is 5.74. The summed E-state index contributed by atoms with van der Waals surface area (Å²) in [7, 11) is 0. The molecule has 0 N–H and O–H groups in total. The molecule has 0 aromatic carbocycles. The lowest BCUT2D eigenvalue weighted by Gasteiger charge is -2.01. The van der Waals surface area contributed by atoms with E-state index in [1.807, 2.05) is 26.1 Å². The zero-order valence-electron chi connectivity index (χ0n) is 7.90. The van der Waals surface area contributed by atoms with Crippen LogP contribution in [-0.2, 0) is 0 Å². The van der Waals surface area contributed by atoms with E-state index in [2.05, 4.69) is 15.1 Å². The summed E-state index contributed by atoms with van der Waals surface area (Å²) in [6.45, 7) is 3.84. The molecular weight excluding hydrogens is 200 g/mol. The first-order valence-corrected chi connectivity index (χ1v) is 4.56. The topological polar surface area (TPSA) is 43.6 Å². The molecule has 0 aliphatic carbocycles. The molecule has 0 radical (unpaired) electrons. The van der Waals surface area contributed by atoms with Gasteiger partial charge in [0, 0.05) is 18.0 Å². The Balaban J connectivity index is 2.51. The third kappa shape index (κ3) is 1.75. The van der Waals surface area contributed by atoms with Gasteiger partial charge in [-0.2, -0.15) is 10.1 Å². The predicted molar refractivity (Wildman–Crippen MR) is 53.6 cm³/mol. The van der Waals surface area contributed by atoms with Crippen molar-refractivity contribution in [3.63, 3.8) is 0 Å². The van der Waals surface area contributed by atoms with Gasteiger partial charge in [0.2, 0.25) is 5.28 Å². The maximum absolute atomic E-state index is 5.74. The minimum atomic E-state index is 0.244. The van der Waals surface area contributed by atoms with Gasteiger partial charge < -0.3 is 0 Å². The van der Waals surface area contributed by atoms with Gasteiger partial charge in [0.05, 0.1) is 6.20 Å². The van der Waals surface area contributed by atoms with Crippen molar-refractivity contribution in [2.75, 3.05) is 0 Å². The Bertz CT molecular complexity index is 443. The number of halogens is 1. The van der Waals surface area contributed by atoms with Crippen LogP contribution in [-0.4, -0.2) is 19.7 Å². The molecule has 0 bridgehead atoms. The van der Waals surface area contributed by atoms with Crippen LogP contribution in [0, 0.1) is 13.8 Å². The maximum Gasteiger partial charge on any atom is 0.224 e. The Morgan fingerprint density at radius 2 is 2.07 bits per heavy atom. The molecule has 0 aliphatic heterocycles. The van der Waals surface area contributed by atoms with E-state index < -0.39 is 0 Å². The normalized spacial score (nSPS) is 10.5. The van der Waals surface area contributed by atoms with Crippen molar-refractivity contribution < 1.29 is 0 Å². The summed E-state index contributed by atoms with van der Waals surface area (Å²) in [5, 5.41) is 4.38. The molecule has 5 heteroatoms. The van der Waals surface area contributed by atoms with Crippen LogP contribution in [0.2, 0.25) is 5.28 Å². The predicted octanol–water partition coefficient (Wildman–Crippen LogP) is 1.93. The van der Waals surface area contributed by atoms with Gasteiger partial charge in [-0.05, 0) is 31.0 Å². The highest BCUT2D eigenvalue weighted by Crippen LogP contribution is 2.09. The second kappa shape index (κ2) is 3.38. The molecule has 4 nitrogen and oxygen atoms in total. The van der Waals surface area contributed by atoms with Crippen molar-refractivity contribution in [2.24, 2.45) is 0 Å². The van der Waals surface area contributed by atoms with Crippen molar-refractivity contribution in [3.8, 4) is 5.82 Å². The number of hydrogen-bond acceptors (Lipinski definition) is 3. The van der Waals surface area contributed by atoms with E-state index in [1.54, 1.807) is 10.9 Å². The molecule has 2 aromatic heterocycles. The molecule has 14 heavy (non-hydrogen) atoms. The first kappa shape index (κ1) is 9.15. The molecule has 2 heterocycles. The highest BCUT2D eigenvalue weighted by molar-refractivity contribution is 6.28. The van der Waals surface area contributed by atoms with Crippen LogP contribution >= 0.6 is 11.6 Å². The lowest BCUT2D eigenvalue weighted by Crippen LogP contribution is -2.00. The molecule has 0 saturated carbocycles. The monoisotopic (exact) mass is 208 g/mol. The van der Waals surface area contributed by atoms with Crippen LogP contribution in [0.15, 0.2) is 18.5 Å². The fourth-order valence-electron chi connectivity index (χ4n) is 1.17. The second-order valence-electron chi connectivity index (χ2n) is 3.10. The zero-order chi connectivity index (χ0) is 10.1. The molecule has 2 rings (SSSR count). The van der Waals surface area contributed by atoms with Gasteiger partial charge in [-0.25, -0.2) is 9.67 Å². The summed E-state index contributed by atoms with van der Waals surface area (Å²) in [6, 6.07) is 1.83. The number of aromatic nitrogens is 4. The number of rotatable bonds is 1. The molecule has 0 spiro atoms. The Morgan fingerprint density at radius 1 is 1.29 bits per heavy atom. The first-order valence-electron chi connectivity index (χ1n) is 4.18. The Hall–Kier alpha value is -1.42. The second-order valence-corrected chi connectivity index (χ2v) is 3.44. The van der Waals surface area contributed by atoms with Gasteiger partial charge in [0.1, 0.15) is 0 Å². The standard InChI is InChI=1S/C9H9ClN4/c1-6-4-11-14(5-6)8-3-7(2)12-9(10)13-8/h3-5H,1-2H3. The molecule has 0 fully saturated rings. The van der Waals surface area contributed by atoms with Crippen molar-refractivity contribution in [1.29, 1.82) is 0 Å². The van der Waals surface area contributed by atoms with Crippen molar-refractivity contribution in [2.45, 2.75) is 13.8 Å². The fraction of sp³-hybridized carbons (Fsp3) is 0.222.